The maximum absolute atomic E-state index is 12.7. The molecule has 0 radical (unpaired) electrons. The van der Waals surface area contributed by atoms with Crippen molar-refractivity contribution in [3.05, 3.63) is 60.1 Å². The van der Waals surface area contributed by atoms with Gasteiger partial charge < -0.3 is 24.7 Å². The second kappa shape index (κ2) is 10.6. The first-order valence-electron chi connectivity index (χ1n) is 12.5. The predicted octanol–water partition coefficient (Wildman–Crippen LogP) is 4.13. The van der Waals surface area contributed by atoms with Crippen molar-refractivity contribution < 1.29 is 22.4 Å². The number of amides is 1. The van der Waals surface area contributed by atoms with Crippen molar-refractivity contribution in [2.45, 2.75) is 39.3 Å². The molecular formula is C27H35N5O5S. The smallest absolute Gasteiger partial charge is 0.410 e. The third-order valence-corrected chi connectivity index (χ3v) is 7.47. The van der Waals surface area contributed by atoms with Gasteiger partial charge in [0.1, 0.15) is 17.2 Å². The SMILES string of the molecule is CC(C)(C)OC(=O)N1CCCN(c2ccc(N(Cc3occ4cc(C(=N)N)ccc34)S(C)(=O)=O)cc2)CC1. The Morgan fingerprint density at radius 1 is 1.11 bits per heavy atom. The first kappa shape index (κ1) is 27.3. The van der Waals surface area contributed by atoms with Gasteiger partial charge >= 0.3 is 6.09 Å². The lowest BCUT2D eigenvalue weighted by atomic mass is 10.1. The Balaban J connectivity index is 1.50. The number of ether oxygens (including phenoxy) is 1. The third-order valence-electron chi connectivity index (χ3n) is 6.33. The topological polar surface area (TPSA) is 133 Å². The summed E-state index contributed by atoms with van der Waals surface area (Å²) in [6, 6.07) is 12.6. The minimum absolute atomic E-state index is 0.0235. The Labute approximate surface area is 223 Å². The molecule has 1 saturated heterocycles. The highest BCUT2D eigenvalue weighted by atomic mass is 32.2. The summed E-state index contributed by atoms with van der Waals surface area (Å²) in [7, 11) is -3.61. The van der Waals surface area contributed by atoms with E-state index in [4.69, 9.17) is 20.3 Å². The molecule has 0 saturated carbocycles. The summed E-state index contributed by atoms with van der Waals surface area (Å²) in [5, 5.41) is 9.13. The molecule has 10 nitrogen and oxygen atoms in total. The standard InChI is InChI=1S/C27H35N5O5S/c1-27(2,3)37-26(33)31-13-5-12-30(14-15-31)21-7-9-22(10-8-21)32(38(4,34)35)17-24-23-11-6-19(25(28)29)16-20(23)18-36-24/h6-11,16,18H,5,12-15,17H2,1-4H3,(H3,28,29). The zero-order valence-electron chi connectivity index (χ0n) is 22.2. The second-order valence-electron chi connectivity index (χ2n) is 10.5. The van der Waals surface area contributed by atoms with Gasteiger partial charge in [0, 0.05) is 48.2 Å². The van der Waals surface area contributed by atoms with E-state index < -0.39 is 15.6 Å². The van der Waals surface area contributed by atoms with Crippen LogP contribution < -0.4 is 14.9 Å². The molecule has 38 heavy (non-hydrogen) atoms. The number of furan rings is 1. The van der Waals surface area contributed by atoms with Crippen LogP contribution in [-0.2, 0) is 21.3 Å². The van der Waals surface area contributed by atoms with Crippen LogP contribution in [-0.4, -0.2) is 63.3 Å². The van der Waals surface area contributed by atoms with Gasteiger partial charge in [-0.25, -0.2) is 13.2 Å². The van der Waals surface area contributed by atoms with Crippen LogP contribution >= 0.6 is 0 Å². The molecule has 11 heteroatoms. The number of benzene rings is 2. The maximum atomic E-state index is 12.7. The largest absolute Gasteiger partial charge is 0.466 e. The maximum Gasteiger partial charge on any atom is 0.410 e. The van der Waals surface area contributed by atoms with Crippen LogP contribution in [0.5, 0.6) is 0 Å². The quantitative estimate of drug-likeness (QED) is 0.354. The van der Waals surface area contributed by atoms with Gasteiger partial charge in [0.15, 0.2) is 0 Å². The zero-order valence-corrected chi connectivity index (χ0v) is 23.0. The molecule has 0 atom stereocenters. The number of rotatable bonds is 6. The van der Waals surface area contributed by atoms with E-state index in [9.17, 15) is 13.2 Å². The summed E-state index contributed by atoms with van der Waals surface area (Å²) >= 11 is 0. The number of amidine groups is 1. The molecule has 1 amide bonds. The molecule has 204 valence electrons. The lowest BCUT2D eigenvalue weighted by Gasteiger charge is -2.27. The summed E-state index contributed by atoms with van der Waals surface area (Å²) in [5.74, 6) is 0.453. The van der Waals surface area contributed by atoms with Crippen molar-refractivity contribution in [3.63, 3.8) is 0 Å². The Morgan fingerprint density at radius 2 is 1.82 bits per heavy atom. The third kappa shape index (κ3) is 6.39. The van der Waals surface area contributed by atoms with Gasteiger partial charge in [0.05, 0.1) is 24.8 Å². The predicted molar refractivity (Wildman–Crippen MR) is 149 cm³/mol. The van der Waals surface area contributed by atoms with E-state index in [1.54, 1.807) is 41.5 Å². The van der Waals surface area contributed by atoms with Crippen LogP contribution in [0, 0.1) is 5.41 Å². The molecule has 0 spiro atoms. The summed E-state index contributed by atoms with van der Waals surface area (Å²) < 4.78 is 38.0. The van der Waals surface area contributed by atoms with E-state index in [0.29, 0.717) is 36.6 Å². The molecule has 1 aliphatic rings. The van der Waals surface area contributed by atoms with Crippen LogP contribution in [0.25, 0.3) is 10.8 Å². The molecule has 1 aromatic heterocycles. The van der Waals surface area contributed by atoms with Crippen molar-refractivity contribution in [1.29, 1.82) is 5.41 Å². The molecule has 0 bridgehead atoms. The molecule has 2 heterocycles. The minimum Gasteiger partial charge on any atom is -0.466 e. The van der Waals surface area contributed by atoms with Crippen LogP contribution in [0.3, 0.4) is 0 Å². The number of fused-ring (bicyclic) bond motifs is 1. The summed E-state index contributed by atoms with van der Waals surface area (Å²) in [5.41, 5.74) is 7.09. The fourth-order valence-corrected chi connectivity index (χ4v) is 5.30. The van der Waals surface area contributed by atoms with E-state index in [1.165, 1.54) is 10.6 Å². The first-order chi connectivity index (χ1) is 17.8. The van der Waals surface area contributed by atoms with E-state index in [0.717, 1.165) is 29.4 Å². The average molecular weight is 542 g/mol. The number of carbonyl (C=O) groups excluding carboxylic acids is 1. The molecule has 1 fully saturated rings. The van der Waals surface area contributed by atoms with E-state index in [1.807, 2.05) is 32.9 Å². The van der Waals surface area contributed by atoms with Crippen molar-refractivity contribution in [1.82, 2.24) is 4.90 Å². The molecule has 3 N–H and O–H groups in total. The number of nitrogens with zero attached hydrogens (tertiary/aromatic N) is 3. The molecule has 2 aromatic carbocycles. The van der Waals surface area contributed by atoms with Gasteiger partial charge in [-0.3, -0.25) is 9.71 Å². The number of hydrogen-bond donors (Lipinski definition) is 2. The van der Waals surface area contributed by atoms with E-state index in [2.05, 4.69) is 4.90 Å². The number of anilines is 2. The lowest BCUT2D eigenvalue weighted by molar-refractivity contribution is 0.0263. The molecule has 3 aromatic rings. The van der Waals surface area contributed by atoms with E-state index >= 15 is 0 Å². The highest BCUT2D eigenvalue weighted by Crippen LogP contribution is 2.29. The van der Waals surface area contributed by atoms with Crippen LogP contribution in [0.4, 0.5) is 16.2 Å². The fraction of sp³-hybridized carbons (Fsp3) is 0.407. The van der Waals surface area contributed by atoms with Gasteiger partial charge in [-0.2, -0.15) is 0 Å². The Hall–Kier alpha value is -3.73. The first-order valence-corrected chi connectivity index (χ1v) is 14.3. The van der Waals surface area contributed by atoms with Crippen LogP contribution in [0.15, 0.2) is 53.1 Å². The van der Waals surface area contributed by atoms with Gasteiger partial charge in [0.2, 0.25) is 10.0 Å². The highest BCUT2D eigenvalue weighted by Gasteiger charge is 2.25. The van der Waals surface area contributed by atoms with Crippen molar-refractivity contribution in [3.8, 4) is 0 Å². The summed E-state index contributed by atoms with van der Waals surface area (Å²) in [6.07, 6.45) is 3.20. The molecule has 0 unspecified atom stereocenters. The monoisotopic (exact) mass is 541 g/mol. The number of nitrogens with two attached hydrogens (primary N) is 1. The van der Waals surface area contributed by atoms with Crippen LogP contribution in [0.2, 0.25) is 0 Å². The van der Waals surface area contributed by atoms with Gasteiger partial charge in [-0.05, 0) is 57.5 Å². The number of nitrogens with one attached hydrogen (secondary N) is 1. The number of nitrogen functional groups attached to an aromatic ring is 1. The van der Waals surface area contributed by atoms with E-state index in [-0.39, 0.29) is 18.5 Å². The number of carbonyl (C=O) groups is 1. The van der Waals surface area contributed by atoms with Gasteiger partial charge in [0.25, 0.3) is 0 Å². The second-order valence-corrected chi connectivity index (χ2v) is 12.4. The molecule has 0 aliphatic carbocycles. The van der Waals surface area contributed by atoms with Crippen molar-refractivity contribution in [2.75, 3.05) is 41.6 Å². The molecule has 1 aliphatic heterocycles. The Morgan fingerprint density at radius 3 is 2.45 bits per heavy atom. The van der Waals surface area contributed by atoms with Crippen molar-refractivity contribution in [2.24, 2.45) is 5.73 Å². The molecular weight excluding hydrogens is 506 g/mol. The van der Waals surface area contributed by atoms with Gasteiger partial charge in [-0.15, -0.1) is 0 Å². The Kier molecular flexibility index (Phi) is 7.59. The molecule has 4 rings (SSSR count). The zero-order chi connectivity index (χ0) is 27.7. The van der Waals surface area contributed by atoms with Crippen LogP contribution in [0.1, 0.15) is 38.5 Å². The van der Waals surface area contributed by atoms with Gasteiger partial charge in [-0.1, -0.05) is 12.1 Å². The minimum atomic E-state index is -3.61. The van der Waals surface area contributed by atoms with Crippen molar-refractivity contribution >= 4 is 44.1 Å². The number of sulfonamides is 1. The lowest BCUT2D eigenvalue weighted by Crippen LogP contribution is -2.39. The number of hydrogen-bond acceptors (Lipinski definition) is 7. The summed E-state index contributed by atoms with van der Waals surface area (Å²) in [4.78, 5) is 16.4. The average Bonchev–Trinajstić information content (AvgIpc) is 3.06. The fourth-order valence-electron chi connectivity index (χ4n) is 4.45. The summed E-state index contributed by atoms with van der Waals surface area (Å²) in [6.45, 7) is 8.18. The normalized spacial score (nSPS) is 14.8. The highest BCUT2D eigenvalue weighted by molar-refractivity contribution is 7.92. The Bertz CT molecular complexity index is 1430.